The largest absolute Gasteiger partial charge is 0.444 e. The first-order valence-corrected chi connectivity index (χ1v) is 8.04. The summed E-state index contributed by atoms with van der Waals surface area (Å²) in [7, 11) is 0. The Morgan fingerprint density at radius 3 is 2.61 bits per heavy atom. The number of hydrogen-bond acceptors (Lipinski definition) is 5. The van der Waals surface area contributed by atoms with Gasteiger partial charge >= 0.3 is 6.09 Å². The van der Waals surface area contributed by atoms with E-state index in [4.69, 9.17) is 4.74 Å². The first kappa shape index (κ1) is 17.5. The Kier molecular flexibility index (Phi) is 4.84. The highest BCUT2D eigenvalue weighted by Crippen LogP contribution is 2.31. The third-order valence-corrected chi connectivity index (χ3v) is 3.80. The van der Waals surface area contributed by atoms with Crippen LogP contribution >= 0.6 is 15.9 Å². The van der Waals surface area contributed by atoms with E-state index in [0.717, 1.165) is 4.47 Å². The number of anilines is 1. The standard InChI is InChI=1S/C15H21BrN4O3/c1-14(2,3)23-13(22)20-8-15(4,9-20)12(21)19-18-11-7-10(16)5-6-17-11/h5-7H,8-9H2,1-4H3,(H,17,18)(H,19,21). The van der Waals surface area contributed by atoms with E-state index in [0.29, 0.717) is 18.9 Å². The molecule has 0 spiro atoms. The summed E-state index contributed by atoms with van der Waals surface area (Å²) in [4.78, 5) is 29.8. The summed E-state index contributed by atoms with van der Waals surface area (Å²) in [5, 5.41) is 0. The van der Waals surface area contributed by atoms with E-state index in [9.17, 15) is 9.59 Å². The molecule has 2 rings (SSSR count). The van der Waals surface area contributed by atoms with Gasteiger partial charge in [-0.05, 0) is 39.8 Å². The lowest BCUT2D eigenvalue weighted by atomic mass is 9.81. The molecule has 1 aliphatic rings. The Hall–Kier alpha value is -1.83. The summed E-state index contributed by atoms with van der Waals surface area (Å²) in [5.74, 6) is 0.332. The Balaban J connectivity index is 1.83. The molecule has 0 radical (unpaired) electrons. The van der Waals surface area contributed by atoms with Crippen molar-refractivity contribution >= 4 is 33.7 Å². The van der Waals surface area contributed by atoms with Gasteiger partial charge in [-0.2, -0.15) is 0 Å². The van der Waals surface area contributed by atoms with Gasteiger partial charge in [0.15, 0.2) is 0 Å². The van der Waals surface area contributed by atoms with E-state index < -0.39 is 17.1 Å². The number of carbonyl (C=O) groups is 2. The summed E-state index contributed by atoms with van der Waals surface area (Å²) in [5.41, 5.74) is 4.21. The number of carbonyl (C=O) groups excluding carboxylic acids is 2. The van der Waals surface area contributed by atoms with E-state index in [1.54, 1.807) is 25.3 Å². The summed E-state index contributed by atoms with van der Waals surface area (Å²) >= 11 is 3.33. The Bertz CT molecular complexity index is 609. The Morgan fingerprint density at radius 1 is 1.39 bits per heavy atom. The molecule has 8 heteroatoms. The maximum atomic E-state index is 12.3. The van der Waals surface area contributed by atoms with Crippen molar-refractivity contribution in [1.29, 1.82) is 0 Å². The van der Waals surface area contributed by atoms with Crippen LogP contribution in [0.2, 0.25) is 0 Å². The quantitative estimate of drug-likeness (QED) is 0.782. The number of nitrogens with one attached hydrogen (secondary N) is 2. The van der Waals surface area contributed by atoms with Gasteiger partial charge in [0, 0.05) is 23.8 Å². The lowest BCUT2D eigenvalue weighted by Crippen LogP contribution is -2.64. The van der Waals surface area contributed by atoms with Crippen LogP contribution in [0.5, 0.6) is 0 Å². The minimum Gasteiger partial charge on any atom is -0.444 e. The van der Waals surface area contributed by atoms with Gasteiger partial charge < -0.3 is 9.64 Å². The number of hydrogen-bond donors (Lipinski definition) is 2. The van der Waals surface area contributed by atoms with E-state index in [2.05, 4.69) is 31.8 Å². The summed E-state index contributed by atoms with van der Waals surface area (Å²) in [6.45, 7) is 7.88. The molecule has 0 unspecified atom stereocenters. The van der Waals surface area contributed by atoms with Gasteiger partial charge in [-0.25, -0.2) is 9.78 Å². The van der Waals surface area contributed by atoms with Crippen molar-refractivity contribution in [2.24, 2.45) is 5.41 Å². The molecule has 0 aliphatic carbocycles. The van der Waals surface area contributed by atoms with Gasteiger partial charge in [-0.1, -0.05) is 15.9 Å². The fraction of sp³-hybridized carbons (Fsp3) is 0.533. The molecule has 2 heterocycles. The molecular formula is C15H21BrN4O3. The van der Waals surface area contributed by atoms with Crippen molar-refractivity contribution in [3.8, 4) is 0 Å². The molecule has 0 aromatic carbocycles. The van der Waals surface area contributed by atoms with Gasteiger partial charge in [0.25, 0.3) is 0 Å². The molecule has 2 N–H and O–H groups in total. The molecule has 1 saturated heterocycles. The average Bonchev–Trinajstić information content (AvgIpc) is 2.39. The summed E-state index contributed by atoms with van der Waals surface area (Å²) in [6.07, 6.45) is 1.22. The third kappa shape index (κ3) is 4.57. The number of hydrazine groups is 1. The van der Waals surface area contributed by atoms with Gasteiger partial charge in [0.1, 0.15) is 11.4 Å². The Labute approximate surface area is 143 Å². The zero-order chi connectivity index (χ0) is 17.3. The van der Waals surface area contributed by atoms with Crippen LogP contribution in [0.4, 0.5) is 10.6 Å². The average molecular weight is 385 g/mol. The minimum absolute atomic E-state index is 0.195. The van der Waals surface area contributed by atoms with Crippen molar-refractivity contribution in [2.75, 3.05) is 18.5 Å². The topological polar surface area (TPSA) is 83.6 Å². The molecular weight excluding hydrogens is 364 g/mol. The van der Waals surface area contributed by atoms with Crippen LogP contribution in [0.3, 0.4) is 0 Å². The molecule has 2 amide bonds. The van der Waals surface area contributed by atoms with Crippen LogP contribution in [0.25, 0.3) is 0 Å². The number of amides is 2. The van der Waals surface area contributed by atoms with Gasteiger partial charge in [0.05, 0.1) is 5.41 Å². The lowest BCUT2D eigenvalue weighted by Gasteiger charge is -2.46. The maximum Gasteiger partial charge on any atom is 0.410 e. The van der Waals surface area contributed by atoms with Crippen molar-refractivity contribution in [3.05, 3.63) is 22.8 Å². The van der Waals surface area contributed by atoms with Crippen LogP contribution in [0.1, 0.15) is 27.7 Å². The van der Waals surface area contributed by atoms with Crippen molar-refractivity contribution in [3.63, 3.8) is 0 Å². The van der Waals surface area contributed by atoms with Crippen molar-refractivity contribution < 1.29 is 14.3 Å². The fourth-order valence-electron chi connectivity index (χ4n) is 2.14. The molecule has 126 valence electrons. The minimum atomic E-state index is -0.643. The molecule has 1 aromatic rings. The molecule has 23 heavy (non-hydrogen) atoms. The van der Waals surface area contributed by atoms with E-state index in [1.165, 1.54) is 4.90 Å². The highest BCUT2D eigenvalue weighted by atomic mass is 79.9. The SMILES string of the molecule is CC(C)(C)OC(=O)N1CC(C)(C(=O)NNc2cc(Br)ccn2)C1. The molecule has 1 aliphatic heterocycles. The maximum absolute atomic E-state index is 12.3. The van der Waals surface area contributed by atoms with E-state index in [1.807, 2.05) is 20.8 Å². The van der Waals surface area contributed by atoms with Gasteiger partial charge in [0.2, 0.25) is 5.91 Å². The number of halogens is 1. The normalized spacial score (nSPS) is 16.3. The van der Waals surface area contributed by atoms with E-state index >= 15 is 0 Å². The predicted octanol–water partition coefficient (Wildman–Crippen LogP) is 2.54. The highest BCUT2D eigenvalue weighted by Gasteiger charge is 2.48. The molecule has 0 saturated carbocycles. The second-order valence-electron chi connectivity index (χ2n) is 6.84. The van der Waals surface area contributed by atoms with Crippen LogP contribution in [0.15, 0.2) is 22.8 Å². The number of rotatable bonds is 3. The fourth-order valence-corrected chi connectivity index (χ4v) is 2.48. The van der Waals surface area contributed by atoms with Crippen LogP contribution in [-0.4, -0.2) is 40.6 Å². The van der Waals surface area contributed by atoms with Crippen molar-refractivity contribution in [2.45, 2.75) is 33.3 Å². The van der Waals surface area contributed by atoms with Gasteiger partial charge in [-0.15, -0.1) is 0 Å². The summed E-state index contributed by atoms with van der Waals surface area (Å²) in [6, 6.07) is 3.54. The number of aromatic nitrogens is 1. The molecule has 0 atom stereocenters. The number of ether oxygens (including phenoxy) is 1. The van der Waals surface area contributed by atoms with Crippen molar-refractivity contribution in [1.82, 2.24) is 15.3 Å². The third-order valence-electron chi connectivity index (χ3n) is 3.31. The monoisotopic (exact) mass is 384 g/mol. The summed E-state index contributed by atoms with van der Waals surface area (Å²) < 4.78 is 6.14. The number of pyridine rings is 1. The zero-order valence-electron chi connectivity index (χ0n) is 13.6. The van der Waals surface area contributed by atoms with Crippen LogP contribution in [-0.2, 0) is 9.53 Å². The molecule has 0 bridgehead atoms. The van der Waals surface area contributed by atoms with Crippen LogP contribution < -0.4 is 10.9 Å². The predicted molar refractivity (Wildman–Crippen MR) is 89.6 cm³/mol. The highest BCUT2D eigenvalue weighted by molar-refractivity contribution is 9.10. The first-order valence-electron chi connectivity index (χ1n) is 7.25. The smallest absolute Gasteiger partial charge is 0.410 e. The lowest BCUT2D eigenvalue weighted by molar-refractivity contribution is -0.138. The first-order chi connectivity index (χ1) is 10.6. The number of nitrogens with zero attached hydrogens (tertiary/aromatic N) is 2. The Morgan fingerprint density at radius 2 is 2.04 bits per heavy atom. The van der Waals surface area contributed by atoms with Gasteiger partial charge in [-0.3, -0.25) is 15.6 Å². The van der Waals surface area contributed by atoms with Crippen LogP contribution in [0, 0.1) is 5.41 Å². The second kappa shape index (κ2) is 6.35. The number of likely N-dealkylation sites (tertiary alicyclic amines) is 1. The second-order valence-corrected chi connectivity index (χ2v) is 7.75. The molecule has 1 fully saturated rings. The molecule has 1 aromatic heterocycles. The molecule has 7 nitrogen and oxygen atoms in total. The zero-order valence-corrected chi connectivity index (χ0v) is 15.2. The van der Waals surface area contributed by atoms with E-state index in [-0.39, 0.29) is 5.91 Å².